The molecule has 3 aromatic carbocycles. The summed E-state index contributed by atoms with van der Waals surface area (Å²) in [5, 5.41) is 0. The molecule has 4 aromatic rings. The lowest BCUT2D eigenvalue weighted by atomic mass is 10.1. The number of carbonyl (C=O) groups is 1. The standard InChI is InChI=1S/C27H24N2O4/c1-2-33-26(31)23-15-9-14-22(16-23)24-17-25(30)29(19-21-12-7-4-8-13-21)27(32)28(24)18-20-10-5-3-6-11-20/h3-17H,2,18-19H2,1H3. The normalized spacial score (nSPS) is 10.7. The fourth-order valence-corrected chi connectivity index (χ4v) is 3.71. The van der Waals surface area contributed by atoms with Gasteiger partial charge >= 0.3 is 11.7 Å². The van der Waals surface area contributed by atoms with Gasteiger partial charge in [0.25, 0.3) is 5.56 Å². The lowest BCUT2D eigenvalue weighted by molar-refractivity contribution is 0.0526. The van der Waals surface area contributed by atoms with E-state index in [0.717, 1.165) is 11.1 Å². The van der Waals surface area contributed by atoms with Crippen molar-refractivity contribution in [2.45, 2.75) is 20.0 Å². The highest BCUT2D eigenvalue weighted by Gasteiger charge is 2.16. The fourth-order valence-electron chi connectivity index (χ4n) is 3.71. The smallest absolute Gasteiger partial charge is 0.338 e. The van der Waals surface area contributed by atoms with E-state index >= 15 is 0 Å². The number of esters is 1. The number of aromatic nitrogens is 2. The van der Waals surface area contributed by atoms with Gasteiger partial charge in [0, 0.05) is 6.07 Å². The Bertz CT molecular complexity index is 1370. The fraction of sp³-hybridized carbons (Fsp3) is 0.148. The molecule has 1 aromatic heterocycles. The van der Waals surface area contributed by atoms with Crippen molar-refractivity contribution in [2.24, 2.45) is 0 Å². The van der Waals surface area contributed by atoms with Crippen molar-refractivity contribution in [3.63, 3.8) is 0 Å². The molecule has 166 valence electrons. The molecule has 0 spiro atoms. The Labute approximate surface area is 191 Å². The first kappa shape index (κ1) is 22.0. The van der Waals surface area contributed by atoms with Crippen LogP contribution in [-0.4, -0.2) is 21.7 Å². The molecule has 33 heavy (non-hydrogen) atoms. The molecule has 0 aliphatic rings. The number of nitrogens with zero attached hydrogens (tertiary/aromatic N) is 2. The molecule has 0 radical (unpaired) electrons. The van der Waals surface area contributed by atoms with Crippen molar-refractivity contribution in [1.82, 2.24) is 9.13 Å². The zero-order chi connectivity index (χ0) is 23.2. The van der Waals surface area contributed by atoms with Crippen LogP contribution in [0.25, 0.3) is 11.3 Å². The summed E-state index contributed by atoms with van der Waals surface area (Å²) in [6.45, 7) is 2.47. The number of hydrogen-bond acceptors (Lipinski definition) is 4. The van der Waals surface area contributed by atoms with Crippen molar-refractivity contribution >= 4 is 5.97 Å². The Balaban J connectivity index is 1.86. The second-order valence-corrected chi connectivity index (χ2v) is 7.60. The molecular weight excluding hydrogens is 416 g/mol. The predicted molar refractivity (Wildman–Crippen MR) is 127 cm³/mol. The molecule has 0 unspecified atom stereocenters. The van der Waals surface area contributed by atoms with Gasteiger partial charge in [-0.15, -0.1) is 0 Å². The summed E-state index contributed by atoms with van der Waals surface area (Å²) in [7, 11) is 0. The molecule has 0 N–H and O–H groups in total. The first-order chi connectivity index (χ1) is 16.1. The lowest BCUT2D eigenvalue weighted by Gasteiger charge is -2.16. The summed E-state index contributed by atoms with van der Waals surface area (Å²) in [5.74, 6) is -0.450. The zero-order valence-electron chi connectivity index (χ0n) is 18.3. The third-order valence-corrected chi connectivity index (χ3v) is 5.32. The Morgan fingerprint density at radius 2 is 1.36 bits per heavy atom. The van der Waals surface area contributed by atoms with Gasteiger partial charge in [-0.05, 0) is 35.7 Å². The second-order valence-electron chi connectivity index (χ2n) is 7.60. The quantitative estimate of drug-likeness (QED) is 0.408. The van der Waals surface area contributed by atoms with Gasteiger partial charge in [-0.25, -0.2) is 9.59 Å². The molecule has 0 amide bonds. The molecule has 0 bridgehead atoms. The molecule has 0 aliphatic heterocycles. The molecule has 4 rings (SSSR count). The summed E-state index contributed by atoms with van der Waals surface area (Å²) >= 11 is 0. The maximum Gasteiger partial charge on any atom is 0.338 e. The zero-order valence-corrected chi connectivity index (χ0v) is 18.3. The lowest BCUT2D eigenvalue weighted by Crippen LogP contribution is -2.40. The van der Waals surface area contributed by atoms with Gasteiger partial charge < -0.3 is 4.74 Å². The number of benzene rings is 3. The molecule has 0 aliphatic carbocycles. The highest BCUT2D eigenvalue weighted by Crippen LogP contribution is 2.20. The summed E-state index contributed by atoms with van der Waals surface area (Å²) < 4.78 is 7.91. The third kappa shape index (κ3) is 5.01. The molecule has 1 heterocycles. The van der Waals surface area contributed by atoms with E-state index in [0.29, 0.717) is 16.8 Å². The first-order valence-electron chi connectivity index (χ1n) is 10.8. The molecule has 6 nitrogen and oxygen atoms in total. The number of carbonyl (C=O) groups excluding carboxylic acids is 1. The maximum atomic E-state index is 13.5. The molecule has 6 heteroatoms. The van der Waals surface area contributed by atoms with E-state index in [1.165, 1.54) is 10.6 Å². The van der Waals surface area contributed by atoms with E-state index in [-0.39, 0.29) is 19.7 Å². The minimum atomic E-state index is -0.450. The van der Waals surface area contributed by atoms with Crippen LogP contribution in [0.2, 0.25) is 0 Å². The minimum Gasteiger partial charge on any atom is -0.462 e. The first-order valence-corrected chi connectivity index (χ1v) is 10.8. The van der Waals surface area contributed by atoms with Crippen LogP contribution >= 0.6 is 0 Å². The van der Waals surface area contributed by atoms with Crippen LogP contribution in [0.1, 0.15) is 28.4 Å². The van der Waals surface area contributed by atoms with E-state index in [1.807, 2.05) is 60.7 Å². The van der Waals surface area contributed by atoms with E-state index in [2.05, 4.69) is 0 Å². The van der Waals surface area contributed by atoms with Gasteiger partial charge in [0.15, 0.2) is 0 Å². The molecule has 0 saturated heterocycles. The second kappa shape index (κ2) is 9.96. The van der Waals surface area contributed by atoms with Crippen molar-refractivity contribution in [2.75, 3.05) is 6.61 Å². The molecule has 0 saturated carbocycles. The van der Waals surface area contributed by atoms with Crippen molar-refractivity contribution in [3.8, 4) is 11.3 Å². The van der Waals surface area contributed by atoms with Crippen molar-refractivity contribution in [1.29, 1.82) is 0 Å². The Morgan fingerprint density at radius 3 is 1.97 bits per heavy atom. The third-order valence-electron chi connectivity index (χ3n) is 5.32. The summed E-state index contributed by atoms with van der Waals surface area (Å²) in [5.41, 5.74) is 2.38. The molecule has 0 atom stereocenters. The number of rotatable bonds is 7. The number of ether oxygens (including phenoxy) is 1. The van der Waals surface area contributed by atoms with Gasteiger partial charge in [-0.3, -0.25) is 13.9 Å². The topological polar surface area (TPSA) is 70.3 Å². The highest BCUT2D eigenvalue weighted by atomic mass is 16.5. The van der Waals surface area contributed by atoms with Crippen LogP contribution < -0.4 is 11.2 Å². The average Bonchev–Trinajstić information content (AvgIpc) is 2.85. The average molecular weight is 440 g/mol. The monoisotopic (exact) mass is 440 g/mol. The van der Waals surface area contributed by atoms with Gasteiger partial charge in [0.05, 0.1) is 31.0 Å². The predicted octanol–water partition coefficient (Wildman–Crippen LogP) is 3.95. The summed E-state index contributed by atoms with van der Waals surface area (Å²) in [6, 6.07) is 27.2. The van der Waals surface area contributed by atoms with Crippen molar-refractivity contribution < 1.29 is 9.53 Å². The summed E-state index contributed by atoms with van der Waals surface area (Å²) in [6.07, 6.45) is 0. The Morgan fingerprint density at radius 1 is 0.758 bits per heavy atom. The SMILES string of the molecule is CCOC(=O)c1cccc(-c2cc(=O)n(Cc3ccccc3)c(=O)n2Cc2ccccc2)c1. The highest BCUT2D eigenvalue weighted by molar-refractivity contribution is 5.90. The van der Waals surface area contributed by atoms with E-state index in [4.69, 9.17) is 4.74 Å². The van der Waals surface area contributed by atoms with Gasteiger partial charge in [-0.1, -0.05) is 72.8 Å². The number of hydrogen-bond donors (Lipinski definition) is 0. The van der Waals surface area contributed by atoms with Crippen LogP contribution in [0.15, 0.2) is 101 Å². The van der Waals surface area contributed by atoms with E-state index in [1.54, 1.807) is 35.8 Å². The van der Waals surface area contributed by atoms with Crippen LogP contribution in [0.3, 0.4) is 0 Å². The molecule has 0 fully saturated rings. The van der Waals surface area contributed by atoms with Gasteiger partial charge in [0.2, 0.25) is 0 Å². The van der Waals surface area contributed by atoms with Crippen LogP contribution in [0, 0.1) is 0 Å². The largest absolute Gasteiger partial charge is 0.462 e. The molecular formula is C27H24N2O4. The van der Waals surface area contributed by atoms with Crippen molar-refractivity contribution in [3.05, 3.63) is 129 Å². The van der Waals surface area contributed by atoms with Crippen LogP contribution in [-0.2, 0) is 17.8 Å². The Hall–Kier alpha value is -4.19. The van der Waals surface area contributed by atoms with Crippen LogP contribution in [0.4, 0.5) is 0 Å². The Kier molecular flexibility index (Phi) is 6.64. The van der Waals surface area contributed by atoms with E-state index in [9.17, 15) is 14.4 Å². The van der Waals surface area contributed by atoms with Gasteiger partial charge in [0.1, 0.15) is 0 Å². The maximum absolute atomic E-state index is 13.5. The minimum absolute atomic E-state index is 0.177. The van der Waals surface area contributed by atoms with Crippen LogP contribution in [0.5, 0.6) is 0 Å². The summed E-state index contributed by atoms with van der Waals surface area (Å²) in [4.78, 5) is 38.8. The van der Waals surface area contributed by atoms with E-state index < -0.39 is 17.2 Å². The van der Waals surface area contributed by atoms with Gasteiger partial charge in [-0.2, -0.15) is 0 Å².